The van der Waals surface area contributed by atoms with Crippen LogP contribution in [0.4, 0.5) is 6.01 Å². The van der Waals surface area contributed by atoms with Gasteiger partial charge in [-0.1, -0.05) is 35.5 Å². The SMILES string of the molecule is CCNc1nc(CCc2ccccc2)no1. The highest BCUT2D eigenvalue weighted by atomic mass is 16.5. The van der Waals surface area contributed by atoms with E-state index in [1.165, 1.54) is 5.56 Å². The molecule has 4 heteroatoms. The third-order valence-corrected chi connectivity index (χ3v) is 2.28. The van der Waals surface area contributed by atoms with Gasteiger partial charge in [0.1, 0.15) is 0 Å². The zero-order valence-electron chi connectivity index (χ0n) is 9.31. The Bertz CT molecular complexity index is 425. The largest absolute Gasteiger partial charge is 0.338 e. The molecule has 1 N–H and O–H groups in total. The second-order valence-corrected chi connectivity index (χ2v) is 3.53. The number of aromatic nitrogens is 2. The van der Waals surface area contributed by atoms with Crippen molar-refractivity contribution in [3.05, 3.63) is 41.7 Å². The van der Waals surface area contributed by atoms with Gasteiger partial charge in [-0.15, -0.1) is 0 Å². The molecule has 4 nitrogen and oxygen atoms in total. The summed E-state index contributed by atoms with van der Waals surface area (Å²) in [7, 11) is 0. The summed E-state index contributed by atoms with van der Waals surface area (Å²) in [6, 6.07) is 10.8. The molecular weight excluding hydrogens is 202 g/mol. The molecule has 1 aromatic heterocycles. The number of hydrogen-bond donors (Lipinski definition) is 1. The van der Waals surface area contributed by atoms with Crippen LogP contribution in [0.5, 0.6) is 0 Å². The average molecular weight is 217 g/mol. The van der Waals surface area contributed by atoms with E-state index in [4.69, 9.17) is 4.52 Å². The van der Waals surface area contributed by atoms with Crippen LogP contribution in [0.2, 0.25) is 0 Å². The molecule has 2 aromatic rings. The summed E-state index contributed by atoms with van der Waals surface area (Å²) in [5.41, 5.74) is 1.29. The Balaban J connectivity index is 1.89. The molecule has 0 aliphatic heterocycles. The van der Waals surface area contributed by atoms with Crippen LogP contribution in [0.15, 0.2) is 34.9 Å². The van der Waals surface area contributed by atoms with Crippen LogP contribution < -0.4 is 5.32 Å². The minimum absolute atomic E-state index is 0.505. The molecule has 0 spiro atoms. The maximum absolute atomic E-state index is 5.02. The van der Waals surface area contributed by atoms with E-state index in [0.29, 0.717) is 6.01 Å². The average Bonchev–Trinajstić information content (AvgIpc) is 2.76. The first-order chi connectivity index (χ1) is 7.88. The van der Waals surface area contributed by atoms with Gasteiger partial charge < -0.3 is 9.84 Å². The molecule has 16 heavy (non-hydrogen) atoms. The summed E-state index contributed by atoms with van der Waals surface area (Å²) in [4.78, 5) is 4.23. The van der Waals surface area contributed by atoms with Crippen molar-refractivity contribution < 1.29 is 4.52 Å². The second-order valence-electron chi connectivity index (χ2n) is 3.53. The number of hydrogen-bond acceptors (Lipinski definition) is 4. The van der Waals surface area contributed by atoms with Crippen molar-refractivity contribution in [1.82, 2.24) is 10.1 Å². The molecule has 2 rings (SSSR count). The van der Waals surface area contributed by atoms with Crippen LogP contribution >= 0.6 is 0 Å². The smallest absolute Gasteiger partial charge is 0.321 e. The lowest BCUT2D eigenvalue weighted by Gasteiger charge is -1.96. The van der Waals surface area contributed by atoms with E-state index in [1.807, 2.05) is 25.1 Å². The van der Waals surface area contributed by atoms with E-state index in [-0.39, 0.29) is 0 Å². The number of rotatable bonds is 5. The summed E-state index contributed by atoms with van der Waals surface area (Å²) >= 11 is 0. The third kappa shape index (κ3) is 2.82. The van der Waals surface area contributed by atoms with Crippen molar-refractivity contribution >= 4 is 6.01 Å². The van der Waals surface area contributed by atoms with Gasteiger partial charge in [-0.3, -0.25) is 0 Å². The van der Waals surface area contributed by atoms with Gasteiger partial charge in [0, 0.05) is 13.0 Å². The predicted molar refractivity (Wildman–Crippen MR) is 62.3 cm³/mol. The lowest BCUT2D eigenvalue weighted by Crippen LogP contribution is -1.97. The standard InChI is InChI=1S/C12H15N3O/c1-2-13-12-14-11(15-16-12)9-8-10-6-4-3-5-7-10/h3-7H,2,8-9H2,1H3,(H,13,14,15). The van der Waals surface area contributed by atoms with E-state index in [2.05, 4.69) is 27.6 Å². The van der Waals surface area contributed by atoms with Crippen molar-refractivity contribution in [2.45, 2.75) is 19.8 Å². The molecular formula is C12H15N3O. The van der Waals surface area contributed by atoms with Crippen LogP contribution in [-0.4, -0.2) is 16.7 Å². The first-order valence-electron chi connectivity index (χ1n) is 5.49. The van der Waals surface area contributed by atoms with Gasteiger partial charge in [0.2, 0.25) is 0 Å². The maximum Gasteiger partial charge on any atom is 0.321 e. The lowest BCUT2D eigenvalue weighted by molar-refractivity contribution is 0.423. The molecule has 0 saturated carbocycles. The molecule has 0 radical (unpaired) electrons. The van der Waals surface area contributed by atoms with Crippen molar-refractivity contribution in [2.24, 2.45) is 0 Å². The summed E-state index contributed by atoms with van der Waals surface area (Å²) < 4.78 is 5.02. The molecule has 1 aromatic carbocycles. The monoisotopic (exact) mass is 217 g/mol. The summed E-state index contributed by atoms with van der Waals surface area (Å²) in [6.45, 7) is 2.79. The fourth-order valence-electron chi connectivity index (χ4n) is 1.48. The number of aryl methyl sites for hydroxylation is 2. The Hall–Kier alpha value is -1.84. The number of benzene rings is 1. The van der Waals surface area contributed by atoms with Crippen LogP contribution in [0.3, 0.4) is 0 Å². The molecule has 0 fully saturated rings. The molecule has 0 unspecified atom stereocenters. The van der Waals surface area contributed by atoms with Gasteiger partial charge in [0.05, 0.1) is 0 Å². The zero-order valence-corrected chi connectivity index (χ0v) is 9.31. The minimum atomic E-state index is 0.505. The van der Waals surface area contributed by atoms with Crippen LogP contribution in [0, 0.1) is 0 Å². The quantitative estimate of drug-likeness (QED) is 0.834. The molecule has 0 amide bonds. The molecule has 0 atom stereocenters. The van der Waals surface area contributed by atoms with E-state index in [0.717, 1.165) is 25.2 Å². The number of nitrogens with one attached hydrogen (secondary N) is 1. The maximum atomic E-state index is 5.02. The number of nitrogens with zero attached hydrogens (tertiary/aromatic N) is 2. The van der Waals surface area contributed by atoms with Gasteiger partial charge in [-0.05, 0) is 18.9 Å². The summed E-state index contributed by atoms with van der Waals surface area (Å²) in [5, 5.41) is 6.89. The van der Waals surface area contributed by atoms with Crippen molar-refractivity contribution in [3.63, 3.8) is 0 Å². The van der Waals surface area contributed by atoms with Gasteiger partial charge >= 0.3 is 6.01 Å². The first kappa shape index (κ1) is 10.7. The molecule has 1 heterocycles. The second kappa shape index (κ2) is 5.30. The molecule has 0 bridgehead atoms. The van der Waals surface area contributed by atoms with E-state index in [9.17, 15) is 0 Å². The van der Waals surface area contributed by atoms with Crippen molar-refractivity contribution in [3.8, 4) is 0 Å². The Morgan fingerprint density at radius 2 is 2.00 bits per heavy atom. The fraction of sp³-hybridized carbons (Fsp3) is 0.333. The molecule has 84 valence electrons. The van der Waals surface area contributed by atoms with Gasteiger partial charge in [0.15, 0.2) is 5.82 Å². The van der Waals surface area contributed by atoms with E-state index in [1.54, 1.807) is 0 Å². The van der Waals surface area contributed by atoms with E-state index >= 15 is 0 Å². The predicted octanol–water partition coefficient (Wildman–Crippen LogP) is 2.29. The van der Waals surface area contributed by atoms with Crippen molar-refractivity contribution in [2.75, 3.05) is 11.9 Å². The Morgan fingerprint density at radius 1 is 1.19 bits per heavy atom. The summed E-state index contributed by atoms with van der Waals surface area (Å²) in [6.07, 6.45) is 1.74. The van der Waals surface area contributed by atoms with Gasteiger partial charge in [-0.2, -0.15) is 4.98 Å². The fourth-order valence-corrected chi connectivity index (χ4v) is 1.48. The molecule has 0 aliphatic rings. The van der Waals surface area contributed by atoms with Gasteiger partial charge in [0.25, 0.3) is 0 Å². The van der Waals surface area contributed by atoms with Gasteiger partial charge in [-0.25, -0.2) is 0 Å². The highest BCUT2D eigenvalue weighted by Crippen LogP contribution is 2.07. The van der Waals surface area contributed by atoms with E-state index < -0.39 is 0 Å². The Kier molecular flexibility index (Phi) is 3.53. The highest BCUT2D eigenvalue weighted by molar-refractivity contribution is 5.19. The lowest BCUT2D eigenvalue weighted by atomic mass is 10.1. The molecule has 0 aliphatic carbocycles. The summed E-state index contributed by atoms with van der Waals surface area (Å²) in [5.74, 6) is 0.750. The van der Waals surface area contributed by atoms with Crippen LogP contribution in [-0.2, 0) is 12.8 Å². The Labute approximate surface area is 94.7 Å². The highest BCUT2D eigenvalue weighted by Gasteiger charge is 2.04. The minimum Gasteiger partial charge on any atom is -0.338 e. The first-order valence-corrected chi connectivity index (χ1v) is 5.49. The third-order valence-electron chi connectivity index (χ3n) is 2.28. The zero-order chi connectivity index (χ0) is 11.2. The van der Waals surface area contributed by atoms with Crippen LogP contribution in [0.25, 0.3) is 0 Å². The molecule has 0 saturated heterocycles. The van der Waals surface area contributed by atoms with Crippen molar-refractivity contribution in [1.29, 1.82) is 0 Å². The Morgan fingerprint density at radius 3 is 2.75 bits per heavy atom. The van der Waals surface area contributed by atoms with Crippen LogP contribution in [0.1, 0.15) is 18.3 Å². The topological polar surface area (TPSA) is 51.0 Å². The normalized spacial score (nSPS) is 10.3. The number of anilines is 1.